The number of hydrogen-bond acceptors (Lipinski definition) is 4. The summed E-state index contributed by atoms with van der Waals surface area (Å²) in [6.07, 6.45) is 6.27. The molecule has 0 saturated carbocycles. The maximum absolute atomic E-state index is 13.9. The van der Waals surface area contributed by atoms with Gasteiger partial charge in [-0.1, -0.05) is 44.9 Å². The van der Waals surface area contributed by atoms with Crippen LogP contribution >= 0.6 is 22.9 Å². The molecule has 1 atom stereocenters. The van der Waals surface area contributed by atoms with E-state index in [2.05, 4.69) is 26.1 Å². The smallest absolute Gasteiger partial charge is 0.341 e. The van der Waals surface area contributed by atoms with E-state index >= 15 is 0 Å². The fourth-order valence-corrected chi connectivity index (χ4v) is 5.47. The summed E-state index contributed by atoms with van der Waals surface area (Å²) in [5.41, 5.74) is 1.75. The Balaban J connectivity index is 1.87. The number of rotatable bonds is 6. The van der Waals surface area contributed by atoms with Gasteiger partial charge in [0.15, 0.2) is 0 Å². The van der Waals surface area contributed by atoms with Crippen molar-refractivity contribution in [3.8, 4) is 0 Å². The number of halogens is 2. The molecule has 1 N–H and O–H groups in total. The van der Waals surface area contributed by atoms with E-state index in [0.717, 1.165) is 36.1 Å². The van der Waals surface area contributed by atoms with Gasteiger partial charge in [-0.25, -0.2) is 9.18 Å². The zero-order valence-electron chi connectivity index (χ0n) is 18.2. The first-order valence-corrected chi connectivity index (χ1v) is 11.5. The number of esters is 1. The van der Waals surface area contributed by atoms with Gasteiger partial charge in [0.1, 0.15) is 10.8 Å². The van der Waals surface area contributed by atoms with Gasteiger partial charge in [-0.2, -0.15) is 0 Å². The molecule has 1 heterocycles. The minimum atomic E-state index is -0.511. The Bertz CT molecular complexity index is 1010. The minimum absolute atomic E-state index is 0.141. The number of carbonyl (C=O) groups is 2. The molecule has 1 amide bonds. The van der Waals surface area contributed by atoms with Gasteiger partial charge in [0.2, 0.25) is 5.91 Å². The van der Waals surface area contributed by atoms with Gasteiger partial charge in [0, 0.05) is 16.5 Å². The summed E-state index contributed by atoms with van der Waals surface area (Å²) in [7, 11) is 1.34. The number of carbonyl (C=O) groups excluding carboxylic acids is 2. The molecule has 1 aliphatic carbocycles. The molecule has 0 bridgehead atoms. The highest BCUT2D eigenvalue weighted by molar-refractivity contribution is 7.17. The Morgan fingerprint density at radius 1 is 1.39 bits per heavy atom. The average molecular weight is 464 g/mol. The topological polar surface area (TPSA) is 55.4 Å². The molecule has 1 unspecified atom stereocenters. The zero-order valence-corrected chi connectivity index (χ0v) is 19.8. The van der Waals surface area contributed by atoms with Gasteiger partial charge in [0.25, 0.3) is 0 Å². The quantitative estimate of drug-likeness (QED) is 0.392. The molecule has 0 fully saturated rings. The summed E-state index contributed by atoms with van der Waals surface area (Å²) in [5, 5.41) is 3.48. The summed E-state index contributed by atoms with van der Waals surface area (Å²) in [6.45, 7) is 6.75. The molecule has 4 nitrogen and oxygen atoms in total. The normalized spacial score (nSPS) is 16.3. The predicted octanol–water partition coefficient (Wildman–Crippen LogP) is 6.52. The largest absolute Gasteiger partial charge is 0.465 e. The second-order valence-corrected chi connectivity index (χ2v) is 9.95. The molecule has 2 aromatic rings. The highest BCUT2D eigenvalue weighted by Crippen LogP contribution is 2.45. The maximum Gasteiger partial charge on any atom is 0.341 e. The zero-order chi connectivity index (χ0) is 22.8. The third kappa shape index (κ3) is 5.01. The molecular formula is C24H27ClFNO3S. The first-order valence-electron chi connectivity index (χ1n) is 10.3. The Hall–Kier alpha value is -2.18. The number of nitrogens with one attached hydrogen (secondary N) is 1. The van der Waals surface area contributed by atoms with Crippen LogP contribution in [0, 0.1) is 17.2 Å². The maximum atomic E-state index is 13.9. The molecule has 0 saturated heterocycles. The highest BCUT2D eigenvalue weighted by Gasteiger charge is 2.35. The molecular weight excluding hydrogens is 437 g/mol. The van der Waals surface area contributed by atoms with Gasteiger partial charge >= 0.3 is 5.97 Å². The van der Waals surface area contributed by atoms with Crippen molar-refractivity contribution in [1.82, 2.24) is 0 Å². The molecule has 31 heavy (non-hydrogen) atoms. The van der Waals surface area contributed by atoms with E-state index in [1.807, 2.05) is 0 Å². The fraction of sp³-hybridized carbons (Fsp3) is 0.417. The van der Waals surface area contributed by atoms with Crippen LogP contribution in [0.3, 0.4) is 0 Å². The van der Waals surface area contributed by atoms with Crippen molar-refractivity contribution in [2.75, 3.05) is 12.4 Å². The highest BCUT2D eigenvalue weighted by atomic mass is 35.5. The van der Waals surface area contributed by atoms with Crippen LogP contribution in [0.1, 0.15) is 60.0 Å². The van der Waals surface area contributed by atoms with E-state index < -0.39 is 17.7 Å². The van der Waals surface area contributed by atoms with Crippen molar-refractivity contribution in [3.63, 3.8) is 0 Å². The van der Waals surface area contributed by atoms with Crippen LogP contribution in [-0.4, -0.2) is 19.0 Å². The number of thiophene rings is 1. The van der Waals surface area contributed by atoms with Crippen molar-refractivity contribution >= 4 is 45.9 Å². The number of fused-ring (bicyclic) bond motifs is 1. The lowest BCUT2D eigenvalue weighted by Gasteiger charge is -2.36. The van der Waals surface area contributed by atoms with Crippen molar-refractivity contribution in [1.29, 1.82) is 0 Å². The minimum Gasteiger partial charge on any atom is -0.465 e. The van der Waals surface area contributed by atoms with Crippen molar-refractivity contribution < 1.29 is 18.7 Å². The van der Waals surface area contributed by atoms with E-state index in [-0.39, 0.29) is 16.0 Å². The first-order chi connectivity index (χ1) is 14.7. The molecule has 1 aromatic heterocycles. The second-order valence-electron chi connectivity index (χ2n) is 8.44. The van der Waals surface area contributed by atoms with E-state index in [9.17, 15) is 14.0 Å². The summed E-state index contributed by atoms with van der Waals surface area (Å²) in [5.74, 6) is -0.917. The van der Waals surface area contributed by atoms with Crippen LogP contribution in [0.25, 0.3) is 6.08 Å². The molecule has 3 rings (SSSR count). The number of benzene rings is 1. The molecule has 0 radical (unpaired) electrons. The van der Waals surface area contributed by atoms with Gasteiger partial charge in [-0.05, 0) is 54.4 Å². The molecule has 0 aliphatic heterocycles. The summed E-state index contributed by atoms with van der Waals surface area (Å²) in [4.78, 5) is 26.2. The van der Waals surface area contributed by atoms with Gasteiger partial charge in [-0.3, -0.25) is 4.79 Å². The fourth-order valence-electron chi connectivity index (χ4n) is 3.93. The van der Waals surface area contributed by atoms with E-state index in [4.69, 9.17) is 16.3 Å². The first kappa shape index (κ1) is 23.5. The lowest BCUT2D eigenvalue weighted by Crippen LogP contribution is -2.28. The van der Waals surface area contributed by atoms with Crippen LogP contribution in [0.15, 0.2) is 24.3 Å². The summed E-state index contributed by atoms with van der Waals surface area (Å²) < 4.78 is 18.9. The SMILES string of the molecule is CCC(C)(C)C1CCc2c(sc(NC(=O)C=Cc3c(F)cccc3Cl)c2C(=O)OC)C1. The van der Waals surface area contributed by atoms with E-state index in [1.165, 1.54) is 42.7 Å². The molecule has 1 aromatic carbocycles. The van der Waals surface area contributed by atoms with Crippen LogP contribution in [0.4, 0.5) is 9.39 Å². The van der Waals surface area contributed by atoms with Crippen LogP contribution in [0.5, 0.6) is 0 Å². The van der Waals surface area contributed by atoms with E-state index in [1.54, 1.807) is 6.07 Å². The van der Waals surface area contributed by atoms with Gasteiger partial charge in [0.05, 0.1) is 17.7 Å². The number of ether oxygens (including phenoxy) is 1. The van der Waals surface area contributed by atoms with E-state index in [0.29, 0.717) is 16.5 Å². The van der Waals surface area contributed by atoms with Crippen molar-refractivity contribution in [2.45, 2.75) is 46.5 Å². The Morgan fingerprint density at radius 3 is 2.77 bits per heavy atom. The van der Waals surface area contributed by atoms with Crippen molar-refractivity contribution in [2.24, 2.45) is 11.3 Å². The number of methoxy groups -OCH3 is 1. The monoisotopic (exact) mass is 463 g/mol. The Labute approximate surface area is 191 Å². The summed E-state index contributed by atoms with van der Waals surface area (Å²) in [6, 6.07) is 4.33. The molecule has 0 spiro atoms. The lowest BCUT2D eigenvalue weighted by atomic mass is 9.69. The molecule has 1 aliphatic rings. The number of hydrogen-bond donors (Lipinski definition) is 1. The van der Waals surface area contributed by atoms with Gasteiger partial charge < -0.3 is 10.1 Å². The average Bonchev–Trinajstić information content (AvgIpc) is 3.09. The number of anilines is 1. The van der Waals surface area contributed by atoms with Crippen LogP contribution in [-0.2, 0) is 22.4 Å². The Kier molecular flexibility index (Phi) is 7.22. The third-order valence-electron chi connectivity index (χ3n) is 6.31. The van der Waals surface area contributed by atoms with Crippen LogP contribution < -0.4 is 5.32 Å². The standard InChI is InChI=1S/C24H27ClFNO3S/c1-5-24(2,3)14-9-10-16-19(13-14)31-22(21(16)23(29)30-4)27-20(28)12-11-15-17(25)7-6-8-18(15)26/h6-8,11-12,14H,5,9-10,13H2,1-4H3,(H,27,28). The third-order valence-corrected chi connectivity index (χ3v) is 7.81. The predicted molar refractivity (Wildman–Crippen MR) is 124 cm³/mol. The summed E-state index contributed by atoms with van der Waals surface area (Å²) >= 11 is 7.43. The number of amides is 1. The lowest BCUT2D eigenvalue weighted by molar-refractivity contribution is -0.111. The molecule has 7 heteroatoms. The molecule has 166 valence electrons. The van der Waals surface area contributed by atoms with Crippen molar-refractivity contribution in [3.05, 3.63) is 56.7 Å². The second kappa shape index (κ2) is 9.53. The van der Waals surface area contributed by atoms with Gasteiger partial charge in [-0.15, -0.1) is 11.3 Å². The van der Waals surface area contributed by atoms with Crippen LogP contribution in [0.2, 0.25) is 5.02 Å². The Morgan fingerprint density at radius 2 is 2.13 bits per heavy atom.